The first-order valence-electron chi connectivity index (χ1n) is 11.9. The number of thiazole rings is 1. The summed E-state index contributed by atoms with van der Waals surface area (Å²) in [5.41, 5.74) is 5.09. The van der Waals surface area contributed by atoms with Crippen LogP contribution >= 0.6 is 11.3 Å². The molecular weight excluding hydrogens is 470 g/mol. The summed E-state index contributed by atoms with van der Waals surface area (Å²) in [6, 6.07) is 23.4. The van der Waals surface area contributed by atoms with Crippen molar-refractivity contribution in [1.82, 2.24) is 4.98 Å². The maximum Gasteiger partial charge on any atom is 0.268 e. The van der Waals surface area contributed by atoms with E-state index in [0.717, 1.165) is 33.1 Å². The molecule has 5 rings (SSSR count). The van der Waals surface area contributed by atoms with Crippen LogP contribution in [0.15, 0.2) is 78.2 Å². The number of hydrogen-bond acceptors (Lipinski definition) is 5. The number of amides is 2. The molecule has 0 saturated carbocycles. The number of anilines is 2. The lowest BCUT2D eigenvalue weighted by molar-refractivity contribution is -0.127. The smallest absolute Gasteiger partial charge is 0.268 e. The molecule has 3 aromatic carbocycles. The number of nitrogens with one attached hydrogen (secondary N) is 1. The summed E-state index contributed by atoms with van der Waals surface area (Å²) in [7, 11) is 0. The molecule has 1 aromatic heterocycles. The third kappa shape index (κ3) is 4.75. The van der Waals surface area contributed by atoms with Gasteiger partial charge in [-0.2, -0.15) is 0 Å². The fourth-order valence-corrected chi connectivity index (χ4v) is 5.13. The molecular formula is C29H27N3O3S. The van der Waals surface area contributed by atoms with Gasteiger partial charge in [-0.3, -0.25) is 14.5 Å². The number of para-hydroxylation sites is 1. The predicted molar refractivity (Wildman–Crippen MR) is 145 cm³/mol. The summed E-state index contributed by atoms with van der Waals surface area (Å²) in [6.45, 7) is 5.75. The van der Waals surface area contributed by atoms with Gasteiger partial charge in [0.15, 0.2) is 6.10 Å². The Morgan fingerprint density at radius 1 is 1.06 bits per heavy atom. The molecule has 0 spiro atoms. The monoisotopic (exact) mass is 497 g/mol. The van der Waals surface area contributed by atoms with Crippen LogP contribution in [-0.2, 0) is 9.59 Å². The van der Waals surface area contributed by atoms with E-state index in [1.54, 1.807) is 18.3 Å². The number of rotatable bonds is 6. The van der Waals surface area contributed by atoms with Crippen LogP contribution < -0.4 is 15.0 Å². The molecule has 2 amide bonds. The summed E-state index contributed by atoms with van der Waals surface area (Å²) in [6.07, 6.45) is -0.678. The molecule has 4 aromatic rings. The zero-order valence-electron chi connectivity index (χ0n) is 20.4. The van der Waals surface area contributed by atoms with Crippen LogP contribution in [0.4, 0.5) is 11.4 Å². The number of fused-ring (bicyclic) bond motifs is 1. The quantitative estimate of drug-likeness (QED) is 0.337. The Bertz CT molecular complexity index is 1410. The third-order valence-electron chi connectivity index (χ3n) is 6.15. The molecule has 2 heterocycles. The van der Waals surface area contributed by atoms with Gasteiger partial charge < -0.3 is 10.1 Å². The van der Waals surface area contributed by atoms with Gasteiger partial charge in [0, 0.05) is 22.2 Å². The highest BCUT2D eigenvalue weighted by atomic mass is 32.1. The second-order valence-corrected chi connectivity index (χ2v) is 9.92. The summed E-state index contributed by atoms with van der Waals surface area (Å²) < 4.78 is 5.85. The van der Waals surface area contributed by atoms with E-state index in [0.29, 0.717) is 11.4 Å². The Hall–Kier alpha value is -3.97. The molecule has 0 saturated heterocycles. The van der Waals surface area contributed by atoms with Crippen molar-refractivity contribution >= 4 is 34.5 Å². The van der Waals surface area contributed by atoms with Crippen molar-refractivity contribution in [3.05, 3.63) is 83.7 Å². The number of benzene rings is 3. The second kappa shape index (κ2) is 9.95. The van der Waals surface area contributed by atoms with E-state index in [1.165, 1.54) is 4.90 Å². The van der Waals surface area contributed by atoms with Gasteiger partial charge >= 0.3 is 0 Å². The fraction of sp³-hybridized carbons (Fsp3) is 0.207. The molecule has 0 aliphatic carbocycles. The fourth-order valence-electron chi connectivity index (χ4n) is 4.30. The van der Waals surface area contributed by atoms with Crippen molar-refractivity contribution in [2.45, 2.75) is 32.8 Å². The maximum atomic E-state index is 13.1. The topological polar surface area (TPSA) is 71.5 Å². The van der Waals surface area contributed by atoms with Crippen LogP contribution in [0.1, 0.15) is 32.3 Å². The summed E-state index contributed by atoms with van der Waals surface area (Å²) in [5, 5.41) is 5.91. The average Bonchev–Trinajstić information content (AvgIpc) is 3.38. The maximum absolute atomic E-state index is 13.1. The number of aromatic nitrogens is 1. The standard InChI is InChI=1S/C29H27N3O3S/c1-18(2)22-11-7-8-12-23(22)30-27(33)16-32-25-15-21(13-14-26(25)35-19(3)29(32)34)24-17-36-28(31-24)20-9-5-4-6-10-20/h4-15,17-19H,16H2,1-3H3,(H,30,33). The van der Waals surface area contributed by atoms with E-state index in [1.807, 2.05) is 78.2 Å². The first kappa shape index (κ1) is 23.8. The molecule has 0 fully saturated rings. The van der Waals surface area contributed by atoms with Gasteiger partial charge in [-0.05, 0) is 42.7 Å². The summed E-state index contributed by atoms with van der Waals surface area (Å²) in [4.78, 5) is 32.5. The second-order valence-electron chi connectivity index (χ2n) is 9.06. The highest BCUT2D eigenvalue weighted by molar-refractivity contribution is 7.13. The SMILES string of the molecule is CC1Oc2ccc(-c3csc(-c4ccccc4)n3)cc2N(CC(=O)Nc2ccccc2C(C)C)C1=O. The van der Waals surface area contributed by atoms with Crippen molar-refractivity contribution < 1.29 is 14.3 Å². The van der Waals surface area contributed by atoms with Crippen molar-refractivity contribution in [3.8, 4) is 27.6 Å². The molecule has 1 atom stereocenters. The first-order valence-corrected chi connectivity index (χ1v) is 12.8. The van der Waals surface area contributed by atoms with Crippen LogP contribution in [0.25, 0.3) is 21.8 Å². The first-order chi connectivity index (χ1) is 17.4. The van der Waals surface area contributed by atoms with Gasteiger partial charge in [0.25, 0.3) is 5.91 Å². The Kier molecular flexibility index (Phi) is 6.57. The van der Waals surface area contributed by atoms with Gasteiger partial charge in [0.05, 0.1) is 11.4 Å². The molecule has 6 nitrogen and oxygen atoms in total. The zero-order valence-corrected chi connectivity index (χ0v) is 21.2. The van der Waals surface area contributed by atoms with E-state index in [4.69, 9.17) is 9.72 Å². The van der Waals surface area contributed by atoms with Crippen LogP contribution in [0.5, 0.6) is 5.75 Å². The number of ether oxygens (including phenoxy) is 1. The Labute approximate surface area is 214 Å². The molecule has 36 heavy (non-hydrogen) atoms. The number of carbonyl (C=O) groups excluding carboxylic acids is 2. The van der Waals surface area contributed by atoms with Crippen molar-refractivity contribution in [2.75, 3.05) is 16.8 Å². The largest absolute Gasteiger partial charge is 0.479 e. The van der Waals surface area contributed by atoms with Gasteiger partial charge in [-0.1, -0.05) is 62.4 Å². The Balaban J connectivity index is 1.43. The minimum atomic E-state index is -0.678. The van der Waals surface area contributed by atoms with Gasteiger partial charge in [0.2, 0.25) is 5.91 Å². The molecule has 1 unspecified atom stereocenters. The molecule has 1 aliphatic rings. The van der Waals surface area contributed by atoms with Crippen LogP contribution in [0.3, 0.4) is 0 Å². The third-order valence-corrected chi connectivity index (χ3v) is 7.04. The van der Waals surface area contributed by atoms with Crippen LogP contribution in [0, 0.1) is 0 Å². The molecule has 0 bridgehead atoms. The minimum Gasteiger partial charge on any atom is -0.479 e. The Morgan fingerprint density at radius 2 is 1.81 bits per heavy atom. The van der Waals surface area contributed by atoms with E-state index >= 15 is 0 Å². The van der Waals surface area contributed by atoms with E-state index in [-0.39, 0.29) is 24.3 Å². The minimum absolute atomic E-state index is 0.109. The van der Waals surface area contributed by atoms with Crippen LogP contribution in [0.2, 0.25) is 0 Å². The van der Waals surface area contributed by atoms with Crippen LogP contribution in [-0.4, -0.2) is 29.4 Å². The number of carbonyl (C=O) groups is 2. The normalized spacial score (nSPS) is 14.9. The van der Waals surface area contributed by atoms with Crippen molar-refractivity contribution in [3.63, 3.8) is 0 Å². The average molecular weight is 498 g/mol. The van der Waals surface area contributed by atoms with Gasteiger partial charge in [0.1, 0.15) is 17.3 Å². The van der Waals surface area contributed by atoms with Crippen molar-refractivity contribution in [2.24, 2.45) is 0 Å². The number of nitrogens with zero attached hydrogens (tertiary/aromatic N) is 2. The van der Waals surface area contributed by atoms with E-state index in [2.05, 4.69) is 19.2 Å². The van der Waals surface area contributed by atoms with Crippen molar-refractivity contribution in [1.29, 1.82) is 0 Å². The van der Waals surface area contributed by atoms with E-state index in [9.17, 15) is 9.59 Å². The summed E-state index contributed by atoms with van der Waals surface area (Å²) >= 11 is 1.57. The lowest BCUT2D eigenvalue weighted by Crippen LogP contribution is -2.47. The highest BCUT2D eigenvalue weighted by Gasteiger charge is 2.33. The molecule has 1 N–H and O–H groups in total. The van der Waals surface area contributed by atoms with E-state index < -0.39 is 6.10 Å². The Morgan fingerprint density at radius 3 is 2.58 bits per heavy atom. The summed E-state index contributed by atoms with van der Waals surface area (Å²) in [5.74, 6) is 0.311. The van der Waals surface area contributed by atoms with Gasteiger partial charge in [-0.15, -0.1) is 11.3 Å². The lowest BCUT2D eigenvalue weighted by Gasteiger charge is -2.33. The predicted octanol–water partition coefficient (Wildman–Crippen LogP) is 6.35. The highest BCUT2D eigenvalue weighted by Crippen LogP contribution is 2.38. The molecule has 182 valence electrons. The van der Waals surface area contributed by atoms with Gasteiger partial charge in [-0.25, -0.2) is 4.98 Å². The molecule has 0 radical (unpaired) electrons. The zero-order chi connectivity index (χ0) is 25.2. The molecule has 1 aliphatic heterocycles. The lowest BCUT2D eigenvalue weighted by atomic mass is 10.0. The molecule has 7 heteroatoms. The number of hydrogen-bond donors (Lipinski definition) is 1.